The number of rotatable bonds is 6. The molecule has 0 aliphatic carbocycles. The van der Waals surface area contributed by atoms with Crippen molar-refractivity contribution >= 4 is 5.96 Å². The van der Waals surface area contributed by atoms with E-state index in [0.717, 1.165) is 18.7 Å². The van der Waals surface area contributed by atoms with Crippen molar-refractivity contribution in [2.24, 2.45) is 4.99 Å². The van der Waals surface area contributed by atoms with Crippen LogP contribution in [0.25, 0.3) is 0 Å². The summed E-state index contributed by atoms with van der Waals surface area (Å²) < 4.78 is 52.0. The molecule has 0 aliphatic rings. The Morgan fingerprint density at radius 1 is 1.25 bits per heavy atom. The lowest BCUT2D eigenvalue weighted by Crippen LogP contribution is -2.42. The first-order chi connectivity index (χ1) is 11.1. The molecule has 1 aromatic carbocycles. The van der Waals surface area contributed by atoms with Gasteiger partial charge in [-0.15, -0.1) is 0 Å². The first-order valence-corrected chi connectivity index (χ1v) is 7.65. The molecule has 0 heterocycles. The van der Waals surface area contributed by atoms with Gasteiger partial charge in [0, 0.05) is 32.7 Å². The minimum absolute atomic E-state index is 0.0360. The quantitative estimate of drug-likeness (QED) is 0.472. The van der Waals surface area contributed by atoms with Crippen LogP contribution in [0.4, 0.5) is 17.6 Å². The van der Waals surface area contributed by atoms with Crippen LogP contribution in [0.5, 0.6) is 0 Å². The predicted molar refractivity (Wildman–Crippen MR) is 87.4 cm³/mol. The number of likely N-dealkylation sites (N-methyl/N-ethyl adjacent to an activating group) is 1. The number of hydrogen-bond acceptors (Lipinski definition) is 2. The normalized spacial score (nSPS) is 12.8. The number of hydrogen-bond donors (Lipinski definition) is 2. The van der Waals surface area contributed by atoms with Gasteiger partial charge < -0.3 is 15.5 Å². The van der Waals surface area contributed by atoms with Gasteiger partial charge in [-0.2, -0.15) is 13.2 Å². The maximum atomic E-state index is 13.1. The molecule has 2 N–H and O–H groups in total. The summed E-state index contributed by atoms with van der Waals surface area (Å²) in [6, 6.07) is 3.05. The molecule has 1 aromatic rings. The van der Waals surface area contributed by atoms with Crippen molar-refractivity contribution in [3.63, 3.8) is 0 Å². The molecule has 1 rings (SSSR count). The molecular weight excluding hydrogens is 324 g/mol. The second-order valence-corrected chi connectivity index (χ2v) is 5.73. The zero-order valence-corrected chi connectivity index (χ0v) is 14.3. The van der Waals surface area contributed by atoms with Crippen LogP contribution in [-0.4, -0.2) is 44.1 Å². The van der Waals surface area contributed by atoms with Crippen LogP contribution in [0.1, 0.15) is 25.0 Å². The molecule has 0 radical (unpaired) electrons. The largest absolute Gasteiger partial charge is 0.416 e. The van der Waals surface area contributed by atoms with E-state index in [-0.39, 0.29) is 12.1 Å². The number of nitrogens with zero attached hydrogens (tertiary/aromatic N) is 2. The van der Waals surface area contributed by atoms with E-state index in [1.165, 1.54) is 7.05 Å². The lowest BCUT2D eigenvalue weighted by atomic mass is 10.1. The summed E-state index contributed by atoms with van der Waals surface area (Å²) in [7, 11) is 3.52. The molecule has 0 atom stereocenters. The van der Waals surface area contributed by atoms with Gasteiger partial charge in [-0.1, -0.05) is 6.07 Å². The minimum atomic E-state index is -4.60. The summed E-state index contributed by atoms with van der Waals surface area (Å²) in [6.45, 7) is 5.40. The zero-order chi connectivity index (χ0) is 18.3. The average molecular weight is 348 g/mol. The maximum Gasteiger partial charge on any atom is 0.416 e. The van der Waals surface area contributed by atoms with Gasteiger partial charge in [-0.25, -0.2) is 4.39 Å². The van der Waals surface area contributed by atoms with Crippen LogP contribution in [0.3, 0.4) is 0 Å². The second-order valence-electron chi connectivity index (χ2n) is 5.73. The van der Waals surface area contributed by atoms with E-state index in [1.807, 2.05) is 7.05 Å². The van der Waals surface area contributed by atoms with Gasteiger partial charge in [-0.3, -0.25) is 4.99 Å². The molecule has 0 aromatic heterocycles. The Labute approximate surface area is 139 Å². The third-order valence-corrected chi connectivity index (χ3v) is 3.69. The zero-order valence-electron chi connectivity index (χ0n) is 14.3. The highest BCUT2D eigenvalue weighted by Gasteiger charge is 2.33. The Kier molecular flexibility index (Phi) is 7.47. The van der Waals surface area contributed by atoms with Crippen LogP contribution < -0.4 is 10.6 Å². The Bertz CT molecular complexity index is 555. The molecule has 0 aliphatic heterocycles. The van der Waals surface area contributed by atoms with Gasteiger partial charge in [0.15, 0.2) is 5.96 Å². The number of aliphatic imine (C=N–C) groups is 1. The van der Waals surface area contributed by atoms with Gasteiger partial charge in [0.1, 0.15) is 5.82 Å². The fourth-order valence-corrected chi connectivity index (χ4v) is 1.98. The number of benzene rings is 1. The van der Waals surface area contributed by atoms with E-state index < -0.39 is 17.6 Å². The highest BCUT2D eigenvalue weighted by molar-refractivity contribution is 5.79. The number of alkyl halides is 3. The Morgan fingerprint density at radius 2 is 1.92 bits per heavy atom. The van der Waals surface area contributed by atoms with Gasteiger partial charge in [-0.05, 0) is 38.6 Å². The van der Waals surface area contributed by atoms with E-state index in [0.29, 0.717) is 24.6 Å². The monoisotopic (exact) mass is 348 g/mol. The minimum Gasteiger partial charge on any atom is -0.355 e. The molecule has 136 valence electrons. The van der Waals surface area contributed by atoms with E-state index in [4.69, 9.17) is 0 Å². The Balaban J connectivity index is 2.64. The highest BCUT2D eigenvalue weighted by atomic mass is 19.4. The Morgan fingerprint density at radius 3 is 2.46 bits per heavy atom. The summed E-state index contributed by atoms with van der Waals surface area (Å²) in [5.41, 5.74) is -1.02. The van der Waals surface area contributed by atoms with E-state index in [1.54, 1.807) is 0 Å². The molecule has 0 fully saturated rings. The number of nitrogens with one attached hydrogen (secondary N) is 2. The molecule has 8 heteroatoms. The average Bonchev–Trinajstić information content (AvgIpc) is 2.50. The van der Waals surface area contributed by atoms with Crippen molar-refractivity contribution in [3.8, 4) is 0 Å². The summed E-state index contributed by atoms with van der Waals surface area (Å²) in [4.78, 5) is 6.10. The number of halogens is 4. The van der Waals surface area contributed by atoms with E-state index in [2.05, 4.69) is 34.4 Å². The molecule has 24 heavy (non-hydrogen) atoms. The first kappa shape index (κ1) is 20.2. The molecule has 0 amide bonds. The molecule has 0 unspecified atom stereocenters. The van der Waals surface area contributed by atoms with Crippen molar-refractivity contribution in [3.05, 3.63) is 35.1 Å². The summed E-state index contributed by atoms with van der Waals surface area (Å²) in [6.07, 6.45) is -4.60. The fraction of sp³-hybridized carbons (Fsp3) is 0.562. The van der Waals surface area contributed by atoms with Crippen molar-refractivity contribution in [2.45, 2.75) is 32.6 Å². The smallest absolute Gasteiger partial charge is 0.355 e. The molecule has 4 nitrogen and oxygen atoms in total. The summed E-state index contributed by atoms with van der Waals surface area (Å²) in [5, 5.41) is 5.86. The fourth-order valence-electron chi connectivity index (χ4n) is 1.98. The standard InChI is InChI=1S/C16H24F4N4/c1-11(2)24(4)8-7-22-15(21-3)23-10-12-5-6-13(17)9-14(12)16(18,19)20/h5-6,9,11H,7-8,10H2,1-4H3,(H2,21,22,23). The third kappa shape index (κ3) is 6.35. The maximum absolute atomic E-state index is 13.1. The topological polar surface area (TPSA) is 39.7 Å². The molecule has 0 bridgehead atoms. The van der Waals surface area contributed by atoms with Crippen molar-refractivity contribution in [1.82, 2.24) is 15.5 Å². The lowest BCUT2D eigenvalue weighted by molar-refractivity contribution is -0.138. The van der Waals surface area contributed by atoms with Crippen LogP contribution in [-0.2, 0) is 12.7 Å². The third-order valence-electron chi connectivity index (χ3n) is 3.69. The van der Waals surface area contributed by atoms with Crippen LogP contribution in [0, 0.1) is 5.82 Å². The van der Waals surface area contributed by atoms with Crippen molar-refractivity contribution in [2.75, 3.05) is 27.2 Å². The van der Waals surface area contributed by atoms with Gasteiger partial charge in [0.25, 0.3) is 0 Å². The second kappa shape index (κ2) is 8.86. The SMILES string of the molecule is CN=C(NCCN(C)C(C)C)NCc1ccc(F)cc1C(F)(F)F. The van der Waals surface area contributed by atoms with Crippen LogP contribution in [0.15, 0.2) is 23.2 Å². The van der Waals surface area contributed by atoms with Crippen LogP contribution in [0.2, 0.25) is 0 Å². The lowest BCUT2D eigenvalue weighted by Gasteiger charge is -2.22. The number of guanidine groups is 1. The molecule has 0 saturated carbocycles. The summed E-state index contributed by atoms with van der Waals surface area (Å²) in [5.74, 6) is -0.519. The van der Waals surface area contributed by atoms with E-state index in [9.17, 15) is 17.6 Å². The Hall–Kier alpha value is -1.83. The van der Waals surface area contributed by atoms with Crippen LogP contribution >= 0.6 is 0 Å². The van der Waals surface area contributed by atoms with Crippen molar-refractivity contribution in [1.29, 1.82) is 0 Å². The first-order valence-electron chi connectivity index (χ1n) is 7.65. The highest BCUT2D eigenvalue weighted by Crippen LogP contribution is 2.32. The molecular formula is C16H24F4N4. The summed E-state index contributed by atoms with van der Waals surface area (Å²) >= 11 is 0. The van der Waals surface area contributed by atoms with E-state index >= 15 is 0 Å². The van der Waals surface area contributed by atoms with Gasteiger partial charge >= 0.3 is 6.18 Å². The van der Waals surface area contributed by atoms with Gasteiger partial charge in [0.2, 0.25) is 0 Å². The van der Waals surface area contributed by atoms with Gasteiger partial charge in [0.05, 0.1) is 5.56 Å². The van der Waals surface area contributed by atoms with Crippen molar-refractivity contribution < 1.29 is 17.6 Å². The molecule has 0 saturated heterocycles. The predicted octanol–water partition coefficient (Wildman–Crippen LogP) is 2.85. The molecule has 0 spiro atoms.